The molecule has 1 unspecified atom stereocenters. The van der Waals surface area contributed by atoms with Crippen LogP contribution in [0.15, 0.2) is 17.1 Å². The molecule has 2 aliphatic rings. The van der Waals surface area contributed by atoms with Crippen LogP contribution in [0.5, 0.6) is 6.01 Å². The fourth-order valence-corrected chi connectivity index (χ4v) is 2.52. The van der Waals surface area contributed by atoms with Crippen LogP contribution < -0.4 is 10.3 Å². The number of ether oxygens (including phenoxy) is 4. The zero-order valence-corrected chi connectivity index (χ0v) is 11.9. The topological polar surface area (TPSA) is 106 Å². The Morgan fingerprint density at radius 3 is 2.82 bits per heavy atom. The van der Waals surface area contributed by atoms with Crippen LogP contribution in [0.25, 0.3) is 0 Å². The van der Waals surface area contributed by atoms with Gasteiger partial charge in [-0.25, -0.2) is 0 Å². The highest BCUT2D eigenvalue weighted by Crippen LogP contribution is 2.40. The molecule has 1 saturated heterocycles. The maximum absolute atomic E-state index is 11.3. The standard InChI is InChI=1S/C13H14N2O7/c1-6(16)19-5-8-10(20-7(2)17)11-12(21-8)15-4-3-9(18)14-13(15)22-11/h3-4,8,10-12H,5H2,1-2H3/t8-,10?,11-,12-/m1/s1. The summed E-state index contributed by atoms with van der Waals surface area (Å²) < 4.78 is 23.0. The molecule has 0 bridgehead atoms. The number of carbonyl (C=O) groups excluding carboxylic acids is 2. The lowest BCUT2D eigenvalue weighted by atomic mass is 10.1. The third-order valence-electron chi connectivity index (χ3n) is 3.36. The summed E-state index contributed by atoms with van der Waals surface area (Å²) in [6.45, 7) is 2.48. The van der Waals surface area contributed by atoms with Crippen molar-refractivity contribution in [1.82, 2.24) is 9.55 Å². The number of carbonyl (C=O) groups is 2. The fraction of sp³-hybridized carbons (Fsp3) is 0.538. The Bertz CT molecular complexity index is 671. The van der Waals surface area contributed by atoms with Crippen LogP contribution in [-0.4, -0.2) is 46.4 Å². The van der Waals surface area contributed by atoms with E-state index < -0.39 is 42.0 Å². The summed E-state index contributed by atoms with van der Waals surface area (Å²) in [6.07, 6.45) is -1.19. The predicted octanol–water partition coefficient (Wildman–Crippen LogP) is -0.604. The quantitative estimate of drug-likeness (QED) is 0.681. The lowest BCUT2D eigenvalue weighted by Crippen LogP contribution is -2.39. The molecule has 118 valence electrons. The first-order valence-electron chi connectivity index (χ1n) is 6.67. The largest absolute Gasteiger partial charge is 0.463 e. The minimum atomic E-state index is -0.765. The molecular formula is C13H14N2O7. The summed E-state index contributed by atoms with van der Waals surface area (Å²) in [6, 6.07) is 1.38. The van der Waals surface area contributed by atoms with Gasteiger partial charge < -0.3 is 18.9 Å². The van der Waals surface area contributed by atoms with E-state index in [1.54, 1.807) is 0 Å². The SMILES string of the molecule is CC(=O)OC[C@H]1O[C@@H]2[C@H](Oc3nc(=O)ccn32)C1OC(C)=O. The summed E-state index contributed by atoms with van der Waals surface area (Å²) in [7, 11) is 0. The number of rotatable bonds is 3. The molecule has 0 amide bonds. The van der Waals surface area contributed by atoms with Gasteiger partial charge in [-0.1, -0.05) is 0 Å². The van der Waals surface area contributed by atoms with Crippen molar-refractivity contribution in [2.24, 2.45) is 0 Å². The molecule has 2 aliphatic heterocycles. The molecule has 1 aromatic rings. The molecule has 9 nitrogen and oxygen atoms in total. The molecule has 9 heteroatoms. The lowest BCUT2D eigenvalue weighted by Gasteiger charge is -2.20. The first-order valence-corrected chi connectivity index (χ1v) is 6.67. The van der Waals surface area contributed by atoms with Gasteiger partial charge in [-0.3, -0.25) is 19.0 Å². The van der Waals surface area contributed by atoms with Gasteiger partial charge >= 0.3 is 17.9 Å². The van der Waals surface area contributed by atoms with Crippen molar-refractivity contribution >= 4 is 11.9 Å². The van der Waals surface area contributed by atoms with Crippen LogP contribution in [0.3, 0.4) is 0 Å². The molecule has 3 rings (SSSR count). The van der Waals surface area contributed by atoms with Gasteiger partial charge in [-0.15, -0.1) is 0 Å². The second kappa shape index (κ2) is 5.41. The summed E-state index contributed by atoms with van der Waals surface area (Å²) >= 11 is 0. The highest BCUT2D eigenvalue weighted by Gasteiger charge is 2.54. The van der Waals surface area contributed by atoms with Gasteiger partial charge in [0.1, 0.15) is 12.7 Å². The molecule has 0 N–H and O–H groups in total. The second-order valence-electron chi connectivity index (χ2n) is 4.98. The van der Waals surface area contributed by atoms with Crippen molar-refractivity contribution in [1.29, 1.82) is 0 Å². The molecule has 0 spiro atoms. The number of fused-ring (bicyclic) bond motifs is 3. The van der Waals surface area contributed by atoms with Gasteiger partial charge in [0.05, 0.1) is 0 Å². The monoisotopic (exact) mass is 310 g/mol. The Hall–Kier alpha value is -2.42. The summed E-state index contributed by atoms with van der Waals surface area (Å²) in [5, 5.41) is 0. The van der Waals surface area contributed by atoms with E-state index in [0.717, 1.165) is 0 Å². The van der Waals surface area contributed by atoms with Gasteiger partial charge in [0.2, 0.25) is 0 Å². The van der Waals surface area contributed by atoms with Crippen molar-refractivity contribution in [3.05, 3.63) is 22.6 Å². The minimum Gasteiger partial charge on any atom is -0.463 e. The molecule has 0 radical (unpaired) electrons. The maximum Gasteiger partial charge on any atom is 0.303 e. The molecule has 0 saturated carbocycles. The molecule has 1 fully saturated rings. The first kappa shape index (κ1) is 14.5. The van der Waals surface area contributed by atoms with Gasteiger partial charge in [-0.2, -0.15) is 4.98 Å². The first-order chi connectivity index (χ1) is 10.5. The molecule has 3 heterocycles. The Morgan fingerprint density at radius 2 is 2.14 bits per heavy atom. The highest BCUT2D eigenvalue weighted by molar-refractivity contribution is 5.66. The number of esters is 2. The Kier molecular flexibility index (Phi) is 3.57. The van der Waals surface area contributed by atoms with Gasteiger partial charge in [0, 0.05) is 26.1 Å². The number of aromatic nitrogens is 2. The van der Waals surface area contributed by atoms with E-state index in [0.29, 0.717) is 0 Å². The normalized spacial score (nSPS) is 28.5. The molecule has 1 aromatic heterocycles. The van der Waals surface area contributed by atoms with E-state index in [2.05, 4.69) is 4.98 Å². The zero-order chi connectivity index (χ0) is 15.9. The van der Waals surface area contributed by atoms with Crippen LogP contribution in [-0.2, 0) is 23.8 Å². The highest BCUT2D eigenvalue weighted by atomic mass is 16.7. The third-order valence-corrected chi connectivity index (χ3v) is 3.36. The van der Waals surface area contributed by atoms with Gasteiger partial charge in [-0.05, 0) is 0 Å². The van der Waals surface area contributed by atoms with E-state index in [1.807, 2.05) is 0 Å². The van der Waals surface area contributed by atoms with E-state index in [-0.39, 0.29) is 12.6 Å². The zero-order valence-electron chi connectivity index (χ0n) is 11.9. The minimum absolute atomic E-state index is 0.0629. The predicted molar refractivity (Wildman–Crippen MR) is 69.0 cm³/mol. The van der Waals surface area contributed by atoms with Crippen LogP contribution >= 0.6 is 0 Å². The van der Waals surface area contributed by atoms with Crippen LogP contribution in [0.2, 0.25) is 0 Å². The van der Waals surface area contributed by atoms with Crippen molar-refractivity contribution in [3.8, 4) is 6.01 Å². The summed E-state index contributed by atoms with van der Waals surface area (Å²) in [4.78, 5) is 37.2. The molecule has 0 aliphatic carbocycles. The summed E-state index contributed by atoms with van der Waals surface area (Å²) in [5.41, 5.74) is -0.438. The second-order valence-corrected chi connectivity index (χ2v) is 4.98. The Balaban J connectivity index is 1.84. The van der Waals surface area contributed by atoms with Crippen molar-refractivity contribution in [2.45, 2.75) is 38.4 Å². The van der Waals surface area contributed by atoms with E-state index in [1.165, 1.54) is 30.7 Å². The van der Waals surface area contributed by atoms with Gasteiger partial charge in [0.15, 0.2) is 18.4 Å². The van der Waals surface area contributed by atoms with E-state index >= 15 is 0 Å². The smallest absolute Gasteiger partial charge is 0.303 e. The van der Waals surface area contributed by atoms with E-state index in [4.69, 9.17) is 18.9 Å². The lowest BCUT2D eigenvalue weighted by molar-refractivity contribution is -0.157. The van der Waals surface area contributed by atoms with Crippen LogP contribution in [0.1, 0.15) is 20.1 Å². The van der Waals surface area contributed by atoms with Crippen molar-refractivity contribution < 1.29 is 28.5 Å². The molecule has 4 atom stereocenters. The molecule has 22 heavy (non-hydrogen) atoms. The maximum atomic E-state index is 11.3. The number of hydrogen-bond donors (Lipinski definition) is 0. The Morgan fingerprint density at radius 1 is 1.36 bits per heavy atom. The van der Waals surface area contributed by atoms with Crippen LogP contribution in [0, 0.1) is 0 Å². The number of nitrogens with zero attached hydrogens (tertiary/aromatic N) is 2. The Labute approximate surface area is 124 Å². The third kappa shape index (κ3) is 2.54. The molecule has 0 aromatic carbocycles. The fourth-order valence-electron chi connectivity index (χ4n) is 2.52. The van der Waals surface area contributed by atoms with Crippen molar-refractivity contribution in [3.63, 3.8) is 0 Å². The van der Waals surface area contributed by atoms with Crippen LogP contribution in [0.4, 0.5) is 0 Å². The average Bonchev–Trinajstić information content (AvgIpc) is 2.92. The molecular weight excluding hydrogens is 296 g/mol. The summed E-state index contributed by atoms with van der Waals surface area (Å²) in [5.74, 6) is -0.974. The number of hydrogen-bond acceptors (Lipinski definition) is 8. The van der Waals surface area contributed by atoms with E-state index in [9.17, 15) is 14.4 Å². The van der Waals surface area contributed by atoms with Crippen molar-refractivity contribution in [2.75, 3.05) is 6.61 Å². The average molecular weight is 310 g/mol. The van der Waals surface area contributed by atoms with Gasteiger partial charge in [0.25, 0.3) is 5.56 Å².